The average molecular weight is 263 g/mol. The molecule has 0 aliphatic heterocycles. The molecule has 0 saturated heterocycles. The zero-order chi connectivity index (χ0) is 14.0. The molecule has 0 aliphatic rings. The summed E-state index contributed by atoms with van der Waals surface area (Å²) in [4.78, 5) is 14.6. The fraction of sp³-hybridized carbons (Fsp3) is 0.462. The summed E-state index contributed by atoms with van der Waals surface area (Å²) in [5.74, 6) is 0. The summed E-state index contributed by atoms with van der Waals surface area (Å²) in [5, 5.41) is 14.0. The van der Waals surface area contributed by atoms with Gasteiger partial charge in [0.05, 0.1) is 4.92 Å². The minimum absolute atomic E-state index is 0.0379. The highest BCUT2D eigenvalue weighted by molar-refractivity contribution is 5.83. The van der Waals surface area contributed by atoms with E-state index in [1.807, 2.05) is 0 Å². The van der Waals surface area contributed by atoms with E-state index < -0.39 is 4.92 Å². The van der Waals surface area contributed by atoms with E-state index in [4.69, 9.17) is 4.42 Å². The summed E-state index contributed by atoms with van der Waals surface area (Å²) >= 11 is 0. The van der Waals surface area contributed by atoms with Crippen molar-refractivity contribution >= 4 is 22.8 Å². The monoisotopic (exact) mass is 263 g/mol. The second kappa shape index (κ2) is 4.87. The Labute approximate surface area is 111 Å². The van der Waals surface area contributed by atoms with Crippen LogP contribution in [0.1, 0.15) is 27.2 Å². The van der Waals surface area contributed by atoms with Crippen LogP contribution in [-0.4, -0.2) is 16.5 Å². The second-order valence-electron chi connectivity index (χ2n) is 5.27. The van der Waals surface area contributed by atoms with Crippen LogP contribution in [0.4, 0.5) is 11.7 Å². The van der Waals surface area contributed by atoms with Crippen LogP contribution in [0.2, 0.25) is 0 Å². The lowest BCUT2D eigenvalue weighted by molar-refractivity contribution is -0.383. The number of hydrogen-bond acceptors (Lipinski definition) is 5. The molecule has 0 unspecified atom stereocenters. The number of nitrogens with zero attached hydrogens (tertiary/aromatic N) is 2. The van der Waals surface area contributed by atoms with Gasteiger partial charge in [0, 0.05) is 12.6 Å². The van der Waals surface area contributed by atoms with Gasteiger partial charge in [-0.15, -0.1) is 0 Å². The SMILES string of the molecule is CCC(C)(C)CNc1nc2c([N+](=O)[O-])cccc2o1. The van der Waals surface area contributed by atoms with E-state index in [1.54, 1.807) is 12.1 Å². The highest BCUT2D eigenvalue weighted by atomic mass is 16.6. The Balaban J connectivity index is 2.27. The molecule has 0 fully saturated rings. The highest BCUT2D eigenvalue weighted by Gasteiger charge is 2.19. The molecule has 0 spiro atoms. The highest BCUT2D eigenvalue weighted by Crippen LogP contribution is 2.28. The van der Waals surface area contributed by atoms with Crippen molar-refractivity contribution in [3.05, 3.63) is 28.3 Å². The summed E-state index contributed by atoms with van der Waals surface area (Å²) < 4.78 is 5.47. The lowest BCUT2D eigenvalue weighted by atomic mass is 9.90. The lowest BCUT2D eigenvalue weighted by Gasteiger charge is -2.21. The molecule has 1 heterocycles. The number of fused-ring (bicyclic) bond motifs is 1. The Morgan fingerprint density at radius 3 is 2.84 bits per heavy atom. The number of aromatic nitrogens is 1. The third-order valence-corrected chi connectivity index (χ3v) is 3.27. The quantitative estimate of drug-likeness (QED) is 0.658. The van der Waals surface area contributed by atoms with Crippen LogP contribution in [0.5, 0.6) is 0 Å². The van der Waals surface area contributed by atoms with Gasteiger partial charge < -0.3 is 9.73 Å². The third kappa shape index (κ3) is 2.83. The minimum Gasteiger partial charge on any atom is -0.423 e. The number of non-ortho nitro benzene ring substituents is 1. The molecular formula is C13H17N3O3. The average Bonchev–Trinajstić information content (AvgIpc) is 2.79. The van der Waals surface area contributed by atoms with Gasteiger partial charge in [0.25, 0.3) is 11.7 Å². The van der Waals surface area contributed by atoms with Gasteiger partial charge in [-0.3, -0.25) is 10.1 Å². The molecule has 1 aromatic carbocycles. The molecule has 102 valence electrons. The summed E-state index contributed by atoms with van der Waals surface area (Å²) in [7, 11) is 0. The van der Waals surface area contributed by atoms with Crippen LogP contribution < -0.4 is 5.32 Å². The number of nitro groups is 1. The number of rotatable bonds is 5. The first kappa shape index (κ1) is 13.3. The number of para-hydroxylation sites is 1. The molecule has 0 bridgehead atoms. The Hall–Kier alpha value is -2.11. The van der Waals surface area contributed by atoms with Crippen molar-refractivity contribution in [1.82, 2.24) is 4.98 Å². The van der Waals surface area contributed by atoms with Gasteiger partial charge in [0.1, 0.15) is 0 Å². The van der Waals surface area contributed by atoms with Crippen molar-refractivity contribution in [1.29, 1.82) is 0 Å². The van der Waals surface area contributed by atoms with E-state index in [0.717, 1.165) is 6.42 Å². The van der Waals surface area contributed by atoms with Gasteiger partial charge in [0.2, 0.25) is 0 Å². The second-order valence-corrected chi connectivity index (χ2v) is 5.27. The zero-order valence-electron chi connectivity index (χ0n) is 11.3. The maximum absolute atomic E-state index is 10.9. The van der Waals surface area contributed by atoms with E-state index in [-0.39, 0.29) is 16.6 Å². The topological polar surface area (TPSA) is 81.2 Å². The van der Waals surface area contributed by atoms with Crippen molar-refractivity contribution in [2.75, 3.05) is 11.9 Å². The van der Waals surface area contributed by atoms with Crippen LogP contribution in [0.15, 0.2) is 22.6 Å². The normalized spacial score (nSPS) is 11.7. The Morgan fingerprint density at radius 1 is 1.47 bits per heavy atom. The van der Waals surface area contributed by atoms with Gasteiger partial charge in [-0.2, -0.15) is 4.98 Å². The third-order valence-electron chi connectivity index (χ3n) is 3.27. The molecule has 0 radical (unpaired) electrons. The predicted octanol–water partition coefficient (Wildman–Crippen LogP) is 3.58. The molecule has 0 amide bonds. The van der Waals surface area contributed by atoms with E-state index in [2.05, 4.69) is 31.1 Å². The van der Waals surface area contributed by atoms with Crippen molar-refractivity contribution in [2.45, 2.75) is 27.2 Å². The molecule has 6 nitrogen and oxygen atoms in total. The largest absolute Gasteiger partial charge is 0.423 e. The van der Waals surface area contributed by atoms with Crippen molar-refractivity contribution in [3.8, 4) is 0 Å². The minimum atomic E-state index is -0.454. The fourth-order valence-corrected chi connectivity index (χ4v) is 1.60. The molecule has 0 atom stereocenters. The number of oxazole rings is 1. The first-order valence-corrected chi connectivity index (χ1v) is 6.21. The number of anilines is 1. The molecule has 19 heavy (non-hydrogen) atoms. The molecule has 2 aromatic rings. The van der Waals surface area contributed by atoms with Crippen LogP contribution in [0.3, 0.4) is 0 Å². The zero-order valence-corrected chi connectivity index (χ0v) is 11.3. The summed E-state index contributed by atoms with van der Waals surface area (Å²) in [6.45, 7) is 7.07. The van der Waals surface area contributed by atoms with Gasteiger partial charge >= 0.3 is 0 Å². The molecule has 0 saturated carbocycles. The molecule has 1 aromatic heterocycles. The van der Waals surface area contributed by atoms with Crippen LogP contribution >= 0.6 is 0 Å². The Kier molecular flexibility index (Phi) is 3.42. The number of benzene rings is 1. The van der Waals surface area contributed by atoms with Crippen molar-refractivity contribution < 1.29 is 9.34 Å². The summed E-state index contributed by atoms with van der Waals surface area (Å²) in [6, 6.07) is 5.01. The first-order valence-electron chi connectivity index (χ1n) is 6.21. The fourth-order valence-electron chi connectivity index (χ4n) is 1.60. The molecule has 6 heteroatoms. The van der Waals surface area contributed by atoms with Gasteiger partial charge in [-0.25, -0.2) is 0 Å². The Bertz CT molecular complexity index is 604. The maximum Gasteiger partial charge on any atom is 0.298 e. The van der Waals surface area contributed by atoms with Crippen LogP contribution in [0.25, 0.3) is 11.1 Å². The molecule has 1 N–H and O–H groups in total. The standard InChI is InChI=1S/C13H17N3O3/c1-4-13(2,3)8-14-12-15-11-9(16(17)18)6-5-7-10(11)19-12/h5-7H,4,8H2,1-3H3,(H,14,15). The van der Waals surface area contributed by atoms with E-state index in [0.29, 0.717) is 18.1 Å². The lowest BCUT2D eigenvalue weighted by Crippen LogP contribution is -2.22. The number of nitro benzene ring substituents is 1. The smallest absolute Gasteiger partial charge is 0.298 e. The van der Waals surface area contributed by atoms with Gasteiger partial charge in [0.15, 0.2) is 11.1 Å². The van der Waals surface area contributed by atoms with Gasteiger partial charge in [-0.05, 0) is 17.9 Å². The van der Waals surface area contributed by atoms with Crippen LogP contribution in [-0.2, 0) is 0 Å². The van der Waals surface area contributed by atoms with E-state index >= 15 is 0 Å². The predicted molar refractivity (Wildman–Crippen MR) is 73.2 cm³/mol. The van der Waals surface area contributed by atoms with Gasteiger partial charge in [-0.1, -0.05) is 26.8 Å². The maximum atomic E-state index is 10.9. The summed E-state index contributed by atoms with van der Waals surface area (Å²) in [6.07, 6.45) is 1.01. The molecule has 2 rings (SSSR count). The van der Waals surface area contributed by atoms with Crippen LogP contribution in [0, 0.1) is 15.5 Å². The number of hydrogen-bond donors (Lipinski definition) is 1. The van der Waals surface area contributed by atoms with Crippen molar-refractivity contribution in [3.63, 3.8) is 0 Å². The number of nitrogens with one attached hydrogen (secondary N) is 1. The van der Waals surface area contributed by atoms with E-state index in [9.17, 15) is 10.1 Å². The van der Waals surface area contributed by atoms with E-state index in [1.165, 1.54) is 6.07 Å². The van der Waals surface area contributed by atoms with Crippen molar-refractivity contribution in [2.24, 2.45) is 5.41 Å². The molecular weight excluding hydrogens is 246 g/mol. The first-order chi connectivity index (χ1) is 8.93. The molecule has 0 aliphatic carbocycles. The Morgan fingerprint density at radius 2 is 2.21 bits per heavy atom. The summed E-state index contributed by atoms with van der Waals surface area (Å²) in [5.41, 5.74) is 0.784.